The Morgan fingerprint density at radius 3 is 2.85 bits per heavy atom. The standard InChI is InChI=1S/C18H30N4O3S/c1-4-19-18(20-9-11-22-10-6-12-26(22,23)24)21-14-16(3)25-17-8-5-7-15(2)13-17/h5,7-8,13,16H,4,6,9-12,14H2,1-3H3,(H2,19,20,21). The molecule has 0 aromatic heterocycles. The molecule has 1 fully saturated rings. The lowest BCUT2D eigenvalue weighted by Gasteiger charge is -2.17. The molecule has 0 aliphatic carbocycles. The van der Waals surface area contributed by atoms with Gasteiger partial charge in [0.25, 0.3) is 0 Å². The smallest absolute Gasteiger partial charge is 0.214 e. The van der Waals surface area contributed by atoms with Gasteiger partial charge < -0.3 is 15.4 Å². The van der Waals surface area contributed by atoms with Crippen molar-refractivity contribution in [1.29, 1.82) is 0 Å². The van der Waals surface area contributed by atoms with E-state index in [0.29, 0.717) is 38.6 Å². The van der Waals surface area contributed by atoms with Crippen molar-refractivity contribution in [2.24, 2.45) is 4.99 Å². The number of nitrogens with one attached hydrogen (secondary N) is 2. The van der Waals surface area contributed by atoms with Crippen molar-refractivity contribution in [2.45, 2.75) is 33.3 Å². The van der Waals surface area contributed by atoms with E-state index < -0.39 is 10.0 Å². The Morgan fingerprint density at radius 2 is 2.19 bits per heavy atom. The summed E-state index contributed by atoms with van der Waals surface area (Å²) in [6.07, 6.45) is 0.649. The molecule has 26 heavy (non-hydrogen) atoms. The Labute approximate surface area is 156 Å². The fourth-order valence-electron chi connectivity index (χ4n) is 2.76. The molecule has 1 aliphatic heterocycles. The fraction of sp³-hybridized carbons (Fsp3) is 0.611. The highest BCUT2D eigenvalue weighted by Crippen LogP contribution is 2.14. The van der Waals surface area contributed by atoms with E-state index in [1.54, 1.807) is 0 Å². The van der Waals surface area contributed by atoms with E-state index >= 15 is 0 Å². The largest absolute Gasteiger partial charge is 0.489 e. The number of guanidine groups is 1. The van der Waals surface area contributed by atoms with Gasteiger partial charge in [-0.05, 0) is 44.9 Å². The van der Waals surface area contributed by atoms with Crippen molar-refractivity contribution in [3.8, 4) is 5.75 Å². The molecule has 1 aliphatic rings. The van der Waals surface area contributed by atoms with Crippen LogP contribution in [0.2, 0.25) is 0 Å². The predicted octanol–water partition coefficient (Wildman–Crippen LogP) is 1.35. The molecule has 1 atom stereocenters. The minimum Gasteiger partial charge on any atom is -0.489 e. The average molecular weight is 383 g/mol. The Morgan fingerprint density at radius 1 is 1.38 bits per heavy atom. The summed E-state index contributed by atoms with van der Waals surface area (Å²) in [5.74, 6) is 1.77. The lowest BCUT2D eigenvalue weighted by molar-refractivity contribution is 0.230. The van der Waals surface area contributed by atoms with Crippen LogP contribution in [0.3, 0.4) is 0 Å². The third-order valence-electron chi connectivity index (χ3n) is 4.03. The van der Waals surface area contributed by atoms with E-state index in [2.05, 4.69) is 15.6 Å². The first kappa shape index (κ1) is 20.5. The first-order valence-corrected chi connectivity index (χ1v) is 10.7. The van der Waals surface area contributed by atoms with Gasteiger partial charge in [-0.1, -0.05) is 12.1 Å². The molecule has 2 N–H and O–H groups in total. The minimum absolute atomic E-state index is 0.0637. The highest BCUT2D eigenvalue weighted by atomic mass is 32.2. The van der Waals surface area contributed by atoms with Crippen LogP contribution in [0, 0.1) is 6.92 Å². The van der Waals surface area contributed by atoms with Crippen LogP contribution < -0.4 is 15.4 Å². The molecule has 1 aromatic rings. The molecule has 1 heterocycles. The third kappa shape index (κ3) is 6.49. The second-order valence-corrected chi connectivity index (χ2v) is 8.55. The summed E-state index contributed by atoms with van der Waals surface area (Å²) in [5, 5.41) is 6.36. The SMILES string of the molecule is CCNC(=NCC(C)Oc1cccc(C)c1)NCCN1CCCS1(=O)=O. The zero-order valence-corrected chi connectivity index (χ0v) is 16.7. The zero-order chi connectivity index (χ0) is 19.0. The summed E-state index contributed by atoms with van der Waals surface area (Å²) in [6, 6.07) is 7.94. The van der Waals surface area contributed by atoms with Crippen LogP contribution in [0.1, 0.15) is 25.8 Å². The topological polar surface area (TPSA) is 83.0 Å². The number of sulfonamides is 1. The van der Waals surface area contributed by atoms with Gasteiger partial charge >= 0.3 is 0 Å². The van der Waals surface area contributed by atoms with E-state index in [0.717, 1.165) is 17.9 Å². The Hall–Kier alpha value is -1.80. The highest BCUT2D eigenvalue weighted by molar-refractivity contribution is 7.89. The highest BCUT2D eigenvalue weighted by Gasteiger charge is 2.27. The van der Waals surface area contributed by atoms with Gasteiger partial charge in [0, 0.05) is 26.2 Å². The van der Waals surface area contributed by atoms with Gasteiger partial charge in [0.1, 0.15) is 11.9 Å². The lowest BCUT2D eigenvalue weighted by atomic mass is 10.2. The molecule has 7 nitrogen and oxygen atoms in total. The number of rotatable bonds is 8. The Bertz CT molecular complexity index is 706. The second-order valence-electron chi connectivity index (χ2n) is 6.46. The van der Waals surface area contributed by atoms with Crippen molar-refractivity contribution in [1.82, 2.24) is 14.9 Å². The summed E-state index contributed by atoms with van der Waals surface area (Å²) in [6.45, 7) is 8.84. The second kappa shape index (κ2) is 9.78. The molecule has 2 rings (SSSR count). The fourth-order valence-corrected chi connectivity index (χ4v) is 4.29. The summed E-state index contributed by atoms with van der Waals surface area (Å²) in [5.41, 5.74) is 1.16. The predicted molar refractivity (Wildman–Crippen MR) is 105 cm³/mol. The summed E-state index contributed by atoms with van der Waals surface area (Å²) in [4.78, 5) is 4.53. The number of aryl methyl sites for hydroxylation is 1. The van der Waals surface area contributed by atoms with Crippen LogP contribution in [0.4, 0.5) is 0 Å². The number of aliphatic imine (C=N–C) groups is 1. The van der Waals surface area contributed by atoms with E-state index in [1.165, 1.54) is 4.31 Å². The lowest BCUT2D eigenvalue weighted by Crippen LogP contribution is -2.42. The monoisotopic (exact) mass is 382 g/mol. The van der Waals surface area contributed by atoms with Gasteiger partial charge in [-0.2, -0.15) is 0 Å². The molecule has 0 radical (unpaired) electrons. The maximum atomic E-state index is 11.8. The van der Waals surface area contributed by atoms with Crippen LogP contribution >= 0.6 is 0 Å². The van der Waals surface area contributed by atoms with Crippen molar-refractivity contribution in [3.05, 3.63) is 29.8 Å². The third-order valence-corrected chi connectivity index (χ3v) is 5.99. The molecule has 1 saturated heterocycles. The normalized spacial score (nSPS) is 18.5. The van der Waals surface area contributed by atoms with Crippen molar-refractivity contribution < 1.29 is 13.2 Å². The van der Waals surface area contributed by atoms with Gasteiger partial charge in [-0.15, -0.1) is 0 Å². The van der Waals surface area contributed by atoms with E-state index in [1.807, 2.05) is 45.0 Å². The van der Waals surface area contributed by atoms with Gasteiger partial charge in [0.15, 0.2) is 5.96 Å². The number of hydrogen-bond acceptors (Lipinski definition) is 4. The van der Waals surface area contributed by atoms with Crippen molar-refractivity contribution in [3.63, 3.8) is 0 Å². The summed E-state index contributed by atoms with van der Waals surface area (Å²) in [7, 11) is -3.05. The van der Waals surface area contributed by atoms with E-state index in [4.69, 9.17) is 4.74 Å². The van der Waals surface area contributed by atoms with Gasteiger partial charge in [-0.25, -0.2) is 17.7 Å². The molecule has 1 unspecified atom stereocenters. The Kier molecular flexibility index (Phi) is 7.71. The molecule has 1 aromatic carbocycles. The molecule has 8 heteroatoms. The van der Waals surface area contributed by atoms with Crippen LogP contribution in [0.15, 0.2) is 29.3 Å². The molecule has 0 amide bonds. The first-order chi connectivity index (χ1) is 12.4. The van der Waals surface area contributed by atoms with Crippen LogP contribution in [-0.2, 0) is 10.0 Å². The Balaban J connectivity index is 1.81. The van der Waals surface area contributed by atoms with Crippen LogP contribution in [-0.4, -0.2) is 63.3 Å². The van der Waals surface area contributed by atoms with Gasteiger partial charge in [0.05, 0.1) is 12.3 Å². The molecule has 0 spiro atoms. The number of ether oxygens (including phenoxy) is 1. The molecule has 0 bridgehead atoms. The molecular weight excluding hydrogens is 352 g/mol. The number of hydrogen-bond donors (Lipinski definition) is 2. The number of benzene rings is 1. The maximum Gasteiger partial charge on any atom is 0.214 e. The molecule has 0 saturated carbocycles. The average Bonchev–Trinajstić information content (AvgIpc) is 2.91. The first-order valence-electron chi connectivity index (χ1n) is 9.14. The van der Waals surface area contributed by atoms with E-state index in [-0.39, 0.29) is 11.9 Å². The quantitative estimate of drug-likeness (QED) is 0.524. The number of nitrogens with zero attached hydrogens (tertiary/aromatic N) is 2. The van der Waals surface area contributed by atoms with Crippen LogP contribution in [0.25, 0.3) is 0 Å². The maximum absolute atomic E-state index is 11.8. The van der Waals surface area contributed by atoms with Gasteiger partial charge in [-0.3, -0.25) is 0 Å². The zero-order valence-electron chi connectivity index (χ0n) is 15.9. The summed E-state index contributed by atoms with van der Waals surface area (Å²) < 4.78 is 31.0. The minimum atomic E-state index is -3.05. The molecular formula is C18H30N4O3S. The molecule has 146 valence electrons. The van der Waals surface area contributed by atoms with E-state index in [9.17, 15) is 8.42 Å². The van der Waals surface area contributed by atoms with Gasteiger partial charge in [0.2, 0.25) is 10.0 Å². The summed E-state index contributed by atoms with van der Waals surface area (Å²) >= 11 is 0. The van der Waals surface area contributed by atoms with Crippen molar-refractivity contribution >= 4 is 16.0 Å². The van der Waals surface area contributed by atoms with Crippen LogP contribution in [0.5, 0.6) is 5.75 Å². The van der Waals surface area contributed by atoms with Crippen molar-refractivity contribution in [2.75, 3.05) is 38.5 Å².